The van der Waals surface area contributed by atoms with Gasteiger partial charge in [-0.15, -0.1) is 0 Å². The highest BCUT2D eigenvalue weighted by Gasteiger charge is 2.48. The molecule has 2 nitrogen and oxygen atoms in total. The fourth-order valence-electron chi connectivity index (χ4n) is 10.6. The zero-order chi connectivity index (χ0) is 41.3. The molecule has 0 saturated heterocycles. The van der Waals surface area contributed by atoms with Gasteiger partial charge in [0.05, 0.1) is 5.69 Å². The first kappa shape index (κ1) is 36.7. The van der Waals surface area contributed by atoms with E-state index in [1.807, 2.05) is 0 Å². The Balaban J connectivity index is 1.30. The van der Waals surface area contributed by atoms with Crippen molar-refractivity contribution < 1.29 is 0 Å². The second-order valence-corrected chi connectivity index (χ2v) is 19.8. The Morgan fingerprint density at radius 1 is 0.467 bits per heavy atom. The van der Waals surface area contributed by atoms with Gasteiger partial charge in [-0.1, -0.05) is 177 Å². The van der Waals surface area contributed by atoms with E-state index in [0.717, 1.165) is 0 Å². The summed E-state index contributed by atoms with van der Waals surface area (Å²) in [4.78, 5) is 5.29. The summed E-state index contributed by atoms with van der Waals surface area (Å²) in [5.41, 5.74) is 21.8. The zero-order valence-corrected chi connectivity index (χ0v) is 36.1. The molecule has 8 aromatic rings. The maximum absolute atomic E-state index is 2.65. The summed E-state index contributed by atoms with van der Waals surface area (Å²) < 4.78 is 0. The van der Waals surface area contributed by atoms with E-state index >= 15 is 0 Å². The highest BCUT2D eigenvalue weighted by Crippen LogP contribution is 2.54. The Hall–Kier alpha value is -6.32. The molecule has 11 rings (SSSR count). The van der Waals surface area contributed by atoms with E-state index in [2.05, 4.69) is 229 Å². The molecule has 1 aliphatic carbocycles. The zero-order valence-electron chi connectivity index (χ0n) is 36.1. The second-order valence-electron chi connectivity index (χ2n) is 19.8. The number of nitrogens with zero attached hydrogens (tertiary/aromatic N) is 2. The minimum absolute atomic E-state index is 0.0159. The lowest BCUT2D eigenvalue weighted by Gasteiger charge is -2.47. The molecule has 0 spiro atoms. The van der Waals surface area contributed by atoms with E-state index in [9.17, 15) is 0 Å². The number of rotatable bonds is 3. The minimum atomic E-state index is -0.159. The third kappa shape index (κ3) is 5.34. The summed E-state index contributed by atoms with van der Waals surface area (Å²) in [5.74, 6) is 0. The van der Waals surface area contributed by atoms with Crippen LogP contribution in [0.4, 0.5) is 28.4 Å². The van der Waals surface area contributed by atoms with Gasteiger partial charge in [0, 0.05) is 39.3 Å². The van der Waals surface area contributed by atoms with Crippen molar-refractivity contribution in [3.63, 3.8) is 0 Å². The standard InChI is InChI=1S/C57H51BN2/c1-55(2,3)38-26-29-40(30-27-38)60-50-25-17-15-23-43(50)53-41-21-13-12-20-37(41)32-52-54(53)58(60)48-35-47-45(42-22-14-16-24-46(42)57(47,7)8)34-51(48)59(52)49-31-28-39(56(4,5)6)33-44(49)36-18-10-9-11-19-36/h9-35H,1-8H3. The van der Waals surface area contributed by atoms with Gasteiger partial charge in [-0.05, 0) is 120 Å². The maximum atomic E-state index is 2.65. The van der Waals surface area contributed by atoms with Crippen LogP contribution in [0.3, 0.4) is 0 Å². The van der Waals surface area contributed by atoms with Crippen LogP contribution in [-0.4, -0.2) is 6.85 Å². The number of benzene rings is 8. The predicted octanol–water partition coefficient (Wildman–Crippen LogP) is 14.1. The van der Waals surface area contributed by atoms with E-state index in [1.165, 1.54) is 106 Å². The van der Waals surface area contributed by atoms with Gasteiger partial charge in [-0.3, -0.25) is 0 Å². The normalized spacial score (nSPS) is 14.7. The van der Waals surface area contributed by atoms with Gasteiger partial charge < -0.3 is 9.71 Å². The van der Waals surface area contributed by atoms with Crippen LogP contribution in [0.5, 0.6) is 0 Å². The Morgan fingerprint density at radius 3 is 1.87 bits per heavy atom. The van der Waals surface area contributed by atoms with Crippen molar-refractivity contribution in [3.05, 3.63) is 186 Å². The summed E-state index contributed by atoms with van der Waals surface area (Å²) in [6, 6.07) is 62.5. The van der Waals surface area contributed by atoms with Crippen LogP contribution in [0, 0.1) is 0 Å². The largest absolute Gasteiger partial charge is 0.376 e. The average Bonchev–Trinajstić information content (AvgIpc) is 3.47. The Kier molecular flexibility index (Phi) is 7.86. The molecule has 0 unspecified atom stereocenters. The first-order valence-electron chi connectivity index (χ1n) is 21.6. The molecular formula is C57H51BN2. The van der Waals surface area contributed by atoms with Crippen LogP contribution in [0.1, 0.15) is 77.6 Å². The van der Waals surface area contributed by atoms with Crippen LogP contribution in [0.15, 0.2) is 164 Å². The van der Waals surface area contributed by atoms with Gasteiger partial charge >= 0.3 is 6.85 Å². The van der Waals surface area contributed by atoms with Crippen molar-refractivity contribution in [2.75, 3.05) is 9.71 Å². The second kappa shape index (κ2) is 12.8. The SMILES string of the molecule is CC(C)(C)c1ccc(N2B3c4cc5c(cc4N(c4ccc(C(C)(C)C)cc4-c4ccccc4)c4cc6ccccc6c(c43)-c3ccccc32)-c2ccccc2C5(C)C)cc1. The summed E-state index contributed by atoms with van der Waals surface area (Å²) in [6.45, 7) is 18.6. The molecule has 0 fully saturated rings. The Bertz CT molecular complexity index is 3030. The van der Waals surface area contributed by atoms with Gasteiger partial charge in [0.25, 0.3) is 0 Å². The van der Waals surface area contributed by atoms with Gasteiger partial charge in [0.1, 0.15) is 0 Å². The molecule has 2 heterocycles. The first-order valence-corrected chi connectivity index (χ1v) is 21.6. The van der Waals surface area contributed by atoms with E-state index in [4.69, 9.17) is 0 Å². The van der Waals surface area contributed by atoms with E-state index in [0.29, 0.717) is 0 Å². The molecule has 292 valence electrons. The predicted molar refractivity (Wildman–Crippen MR) is 258 cm³/mol. The van der Waals surface area contributed by atoms with Crippen LogP contribution in [0.2, 0.25) is 0 Å². The topological polar surface area (TPSA) is 6.48 Å². The van der Waals surface area contributed by atoms with E-state index in [-0.39, 0.29) is 23.1 Å². The molecule has 3 aliphatic rings. The molecule has 60 heavy (non-hydrogen) atoms. The quantitative estimate of drug-likeness (QED) is 0.165. The van der Waals surface area contributed by atoms with Gasteiger partial charge in [-0.25, -0.2) is 0 Å². The molecule has 0 bridgehead atoms. The molecule has 0 aromatic heterocycles. The molecule has 0 saturated carbocycles. The minimum Gasteiger partial charge on any atom is -0.376 e. The summed E-state index contributed by atoms with van der Waals surface area (Å²) >= 11 is 0. The highest BCUT2D eigenvalue weighted by molar-refractivity contribution is 6.94. The fourth-order valence-corrected chi connectivity index (χ4v) is 10.6. The molecule has 0 atom stereocenters. The molecular weight excluding hydrogens is 723 g/mol. The van der Waals surface area contributed by atoms with Crippen molar-refractivity contribution in [1.82, 2.24) is 0 Å². The van der Waals surface area contributed by atoms with Crippen molar-refractivity contribution in [3.8, 4) is 33.4 Å². The lowest BCUT2D eigenvalue weighted by Crippen LogP contribution is -2.61. The van der Waals surface area contributed by atoms with E-state index in [1.54, 1.807) is 0 Å². The molecule has 0 radical (unpaired) electrons. The number of anilines is 5. The van der Waals surface area contributed by atoms with Crippen LogP contribution < -0.4 is 20.6 Å². The van der Waals surface area contributed by atoms with Crippen molar-refractivity contribution in [1.29, 1.82) is 0 Å². The van der Waals surface area contributed by atoms with Gasteiger partial charge in [0.2, 0.25) is 0 Å². The summed E-state index contributed by atoms with van der Waals surface area (Å²) in [6.07, 6.45) is 0. The van der Waals surface area contributed by atoms with Crippen LogP contribution in [0.25, 0.3) is 44.2 Å². The lowest BCUT2D eigenvalue weighted by molar-refractivity contribution is 0.590. The van der Waals surface area contributed by atoms with Crippen LogP contribution >= 0.6 is 0 Å². The highest BCUT2D eigenvalue weighted by atomic mass is 15.2. The first-order chi connectivity index (χ1) is 28.8. The Morgan fingerprint density at radius 2 is 1.12 bits per heavy atom. The van der Waals surface area contributed by atoms with Crippen molar-refractivity contribution >= 4 is 57.0 Å². The van der Waals surface area contributed by atoms with Crippen molar-refractivity contribution in [2.45, 2.75) is 71.6 Å². The van der Waals surface area contributed by atoms with Crippen LogP contribution in [-0.2, 0) is 16.2 Å². The fraction of sp³-hybridized carbons (Fsp3) is 0.193. The Labute approximate surface area is 356 Å². The number of para-hydroxylation sites is 1. The number of hydrogen-bond acceptors (Lipinski definition) is 2. The number of hydrogen-bond donors (Lipinski definition) is 0. The lowest BCUT2D eigenvalue weighted by atomic mass is 9.43. The molecule has 3 heteroatoms. The van der Waals surface area contributed by atoms with Gasteiger partial charge in [-0.2, -0.15) is 0 Å². The average molecular weight is 775 g/mol. The third-order valence-electron chi connectivity index (χ3n) is 13.7. The molecule has 8 aromatic carbocycles. The summed E-state index contributed by atoms with van der Waals surface area (Å²) in [5, 5.41) is 2.54. The van der Waals surface area contributed by atoms with Gasteiger partial charge in [0.15, 0.2) is 0 Å². The molecule has 0 amide bonds. The third-order valence-corrected chi connectivity index (χ3v) is 13.7. The van der Waals surface area contributed by atoms with Crippen molar-refractivity contribution in [2.24, 2.45) is 0 Å². The molecule has 0 N–H and O–H groups in total. The monoisotopic (exact) mass is 774 g/mol. The smallest absolute Gasteiger partial charge is 0.333 e. The molecule has 2 aliphatic heterocycles. The van der Waals surface area contributed by atoms with E-state index < -0.39 is 0 Å². The maximum Gasteiger partial charge on any atom is 0.333 e. The summed E-state index contributed by atoms with van der Waals surface area (Å²) in [7, 11) is 0. The number of fused-ring (bicyclic) bond motifs is 9.